The normalized spacial score (nSPS) is 16.2. The van der Waals surface area contributed by atoms with E-state index < -0.39 is 0 Å². The molecule has 0 saturated carbocycles. The van der Waals surface area contributed by atoms with Gasteiger partial charge in [0.15, 0.2) is 5.78 Å². The number of carbonyl (C=O) groups is 2. The van der Waals surface area contributed by atoms with Gasteiger partial charge in [0.2, 0.25) is 0 Å². The van der Waals surface area contributed by atoms with Crippen LogP contribution < -0.4 is 5.32 Å². The summed E-state index contributed by atoms with van der Waals surface area (Å²) in [5, 5.41) is 2.87. The van der Waals surface area contributed by atoms with E-state index in [0.717, 1.165) is 31.6 Å². The van der Waals surface area contributed by atoms with Gasteiger partial charge in [0.25, 0.3) is 0 Å². The standard InChI is InChI=1S/C15H20N2O2/c1-11-7-9-17(10-8-11)15(19)16-14-5-3-13(4-6-14)12(2)18/h3-6,11H,7-10H2,1-2H3,(H,16,19). The highest BCUT2D eigenvalue weighted by Gasteiger charge is 2.20. The Kier molecular flexibility index (Phi) is 4.20. The zero-order chi connectivity index (χ0) is 13.8. The molecule has 0 aliphatic carbocycles. The van der Waals surface area contributed by atoms with E-state index in [1.54, 1.807) is 24.3 Å². The third kappa shape index (κ3) is 3.56. The van der Waals surface area contributed by atoms with Crippen LogP contribution in [0, 0.1) is 5.92 Å². The van der Waals surface area contributed by atoms with E-state index >= 15 is 0 Å². The fourth-order valence-electron chi connectivity index (χ4n) is 2.20. The molecule has 0 atom stereocenters. The minimum Gasteiger partial charge on any atom is -0.325 e. The summed E-state index contributed by atoms with van der Waals surface area (Å²) < 4.78 is 0. The summed E-state index contributed by atoms with van der Waals surface area (Å²) in [6.07, 6.45) is 2.13. The van der Waals surface area contributed by atoms with Crippen LogP contribution in [-0.2, 0) is 0 Å². The maximum Gasteiger partial charge on any atom is 0.321 e. The van der Waals surface area contributed by atoms with Gasteiger partial charge >= 0.3 is 6.03 Å². The number of likely N-dealkylation sites (tertiary alicyclic amines) is 1. The lowest BCUT2D eigenvalue weighted by Gasteiger charge is -2.30. The highest BCUT2D eigenvalue weighted by Crippen LogP contribution is 2.17. The smallest absolute Gasteiger partial charge is 0.321 e. The van der Waals surface area contributed by atoms with Crippen molar-refractivity contribution in [3.8, 4) is 0 Å². The van der Waals surface area contributed by atoms with E-state index in [2.05, 4.69) is 12.2 Å². The minimum absolute atomic E-state index is 0.0305. The second-order valence-corrected chi connectivity index (χ2v) is 5.23. The molecule has 4 nitrogen and oxygen atoms in total. The molecule has 1 saturated heterocycles. The lowest BCUT2D eigenvalue weighted by Crippen LogP contribution is -2.40. The van der Waals surface area contributed by atoms with Crippen LogP contribution in [0.25, 0.3) is 0 Å². The topological polar surface area (TPSA) is 49.4 Å². The zero-order valence-corrected chi connectivity index (χ0v) is 11.5. The number of amides is 2. The number of urea groups is 1. The number of hydrogen-bond acceptors (Lipinski definition) is 2. The highest BCUT2D eigenvalue weighted by molar-refractivity contribution is 5.95. The van der Waals surface area contributed by atoms with Crippen molar-refractivity contribution in [2.24, 2.45) is 5.92 Å². The molecule has 102 valence electrons. The molecule has 2 amide bonds. The third-order valence-electron chi connectivity index (χ3n) is 3.61. The number of nitrogens with zero attached hydrogens (tertiary/aromatic N) is 1. The summed E-state index contributed by atoms with van der Waals surface area (Å²) in [5.41, 5.74) is 1.39. The third-order valence-corrected chi connectivity index (χ3v) is 3.61. The largest absolute Gasteiger partial charge is 0.325 e. The van der Waals surface area contributed by atoms with E-state index in [4.69, 9.17) is 0 Å². The van der Waals surface area contributed by atoms with Crippen LogP contribution in [0.2, 0.25) is 0 Å². The molecular weight excluding hydrogens is 240 g/mol. The maximum atomic E-state index is 12.0. The number of rotatable bonds is 2. The summed E-state index contributed by atoms with van der Waals surface area (Å²) in [6.45, 7) is 5.38. The predicted octanol–water partition coefficient (Wildman–Crippen LogP) is 3.15. The number of hydrogen-bond donors (Lipinski definition) is 1. The first-order valence-corrected chi connectivity index (χ1v) is 6.73. The van der Waals surface area contributed by atoms with Crippen LogP contribution >= 0.6 is 0 Å². The van der Waals surface area contributed by atoms with Crippen molar-refractivity contribution < 1.29 is 9.59 Å². The van der Waals surface area contributed by atoms with Gasteiger partial charge in [-0.3, -0.25) is 4.79 Å². The molecule has 1 aromatic rings. The van der Waals surface area contributed by atoms with Crippen molar-refractivity contribution in [1.82, 2.24) is 4.90 Å². The van der Waals surface area contributed by atoms with E-state index in [0.29, 0.717) is 11.5 Å². The van der Waals surface area contributed by atoms with Crippen molar-refractivity contribution in [3.63, 3.8) is 0 Å². The van der Waals surface area contributed by atoms with Gasteiger partial charge in [-0.15, -0.1) is 0 Å². The monoisotopic (exact) mass is 260 g/mol. The van der Waals surface area contributed by atoms with E-state index in [-0.39, 0.29) is 11.8 Å². The Hall–Kier alpha value is -1.84. The average Bonchev–Trinajstić information content (AvgIpc) is 2.40. The van der Waals surface area contributed by atoms with Gasteiger partial charge in [-0.2, -0.15) is 0 Å². The molecule has 1 fully saturated rings. The molecule has 2 rings (SSSR count). The van der Waals surface area contributed by atoms with E-state index in [1.807, 2.05) is 4.90 Å². The summed E-state index contributed by atoms with van der Waals surface area (Å²) in [5.74, 6) is 0.738. The molecule has 0 bridgehead atoms. The number of Topliss-reactive ketones (excluding diaryl/α,β-unsaturated/α-hetero) is 1. The van der Waals surface area contributed by atoms with Crippen molar-refractivity contribution in [3.05, 3.63) is 29.8 Å². The number of benzene rings is 1. The van der Waals surface area contributed by atoms with Gasteiger partial charge in [-0.25, -0.2) is 4.79 Å². The maximum absolute atomic E-state index is 12.0. The Morgan fingerprint density at radius 2 is 1.74 bits per heavy atom. The Labute approximate surface area is 113 Å². The quantitative estimate of drug-likeness (QED) is 0.830. The lowest BCUT2D eigenvalue weighted by molar-refractivity contribution is 0.101. The predicted molar refractivity (Wildman–Crippen MR) is 75.4 cm³/mol. The molecule has 0 spiro atoms. The van der Waals surface area contributed by atoms with Gasteiger partial charge in [0.05, 0.1) is 0 Å². The zero-order valence-electron chi connectivity index (χ0n) is 11.5. The molecule has 1 heterocycles. The first-order valence-electron chi connectivity index (χ1n) is 6.73. The molecule has 19 heavy (non-hydrogen) atoms. The Bertz CT molecular complexity index is 460. The fraction of sp³-hybridized carbons (Fsp3) is 0.467. The van der Waals surface area contributed by atoms with Crippen molar-refractivity contribution in [2.75, 3.05) is 18.4 Å². The average molecular weight is 260 g/mol. The Morgan fingerprint density at radius 1 is 1.16 bits per heavy atom. The minimum atomic E-state index is -0.0533. The number of anilines is 1. The van der Waals surface area contributed by atoms with E-state index in [1.165, 1.54) is 6.92 Å². The Balaban J connectivity index is 1.93. The summed E-state index contributed by atoms with van der Waals surface area (Å²) in [4.78, 5) is 25.0. The molecule has 0 aromatic heterocycles. The number of ketones is 1. The lowest BCUT2D eigenvalue weighted by atomic mass is 10.00. The van der Waals surface area contributed by atoms with Crippen molar-refractivity contribution >= 4 is 17.5 Å². The van der Waals surface area contributed by atoms with Crippen LogP contribution in [-0.4, -0.2) is 29.8 Å². The summed E-state index contributed by atoms with van der Waals surface area (Å²) >= 11 is 0. The fourth-order valence-corrected chi connectivity index (χ4v) is 2.20. The molecule has 0 radical (unpaired) electrons. The molecule has 4 heteroatoms. The molecule has 1 aromatic carbocycles. The van der Waals surface area contributed by atoms with Crippen molar-refractivity contribution in [2.45, 2.75) is 26.7 Å². The first-order chi connectivity index (χ1) is 9.06. The van der Waals surface area contributed by atoms with Crippen molar-refractivity contribution in [1.29, 1.82) is 0 Å². The van der Waals surface area contributed by atoms with Gasteiger partial charge in [-0.1, -0.05) is 6.92 Å². The summed E-state index contributed by atoms with van der Waals surface area (Å²) in [7, 11) is 0. The van der Waals surface area contributed by atoms with Gasteiger partial charge in [0.1, 0.15) is 0 Å². The molecular formula is C15H20N2O2. The van der Waals surface area contributed by atoms with Crippen LogP contribution in [0.4, 0.5) is 10.5 Å². The number of carbonyl (C=O) groups excluding carboxylic acids is 2. The Morgan fingerprint density at radius 3 is 2.26 bits per heavy atom. The van der Waals surface area contributed by atoms with Gasteiger partial charge in [-0.05, 0) is 49.9 Å². The van der Waals surface area contributed by atoms with Gasteiger partial charge < -0.3 is 10.2 Å². The number of nitrogens with one attached hydrogen (secondary N) is 1. The van der Waals surface area contributed by atoms with E-state index in [9.17, 15) is 9.59 Å². The molecule has 1 aliphatic rings. The molecule has 0 unspecified atom stereocenters. The first kappa shape index (κ1) is 13.6. The highest BCUT2D eigenvalue weighted by atomic mass is 16.2. The molecule has 1 N–H and O–H groups in total. The number of piperidine rings is 1. The summed E-state index contributed by atoms with van der Waals surface area (Å²) in [6, 6.07) is 6.94. The molecule has 1 aliphatic heterocycles. The van der Waals surface area contributed by atoms with Crippen LogP contribution in [0.5, 0.6) is 0 Å². The SMILES string of the molecule is CC(=O)c1ccc(NC(=O)N2CCC(C)CC2)cc1. The van der Waals surface area contributed by atoms with Gasteiger partial charge in [0, 0.05) is 24.3 Å². The van der Waals surface area contributed by atoms with Crippen LogP contribution in [0.1, 0.15) is 37.0 Å². The van der Waals surface area contributed by atoms with Crippen LogP contribution in [0.3, 0.4) is 0 Å². The van der Waals surface area contributed by atoms with Crippen LogP contribution in [0.15, 0.2) is 24.3 Å². The second kappa shape index (κ2) is 5.87. The second-order valence-electron chi connectivity index (χ2n) is 5.23.